The molecule has 2 amide bonds. The number of rotatable bonds is 7. The van der Waals surface area contributed by atoms with Crippen molar-refractivity contribution >= 4 is 6.03 Å². The fraction of sp³-hybridized carbons (Fsp3) is 0.933. The van der Waals surface area contributed by atoms with E-state index >= 15 is 0 Å². The number of hydrogen-bond donors (Lipinski definition) is 2. The highest BCUT2D eigenvalue weighted by Gasteiger charge is 2.23. The number of amides is 2. The van der Waals surface area contributed by atoms with Crippen LogP contribution in [-0.2, 0) is 0 Å². The molecular formula is C15H31N3O2. The average molecular weight is 285 g/mol. The van der Waals surface area contributed by atoms with Crippen LogP contribution in [0.4, 0.5) is 4.79 Å². The van der Waals surface area contributed by atoms with Crippen molar-refractivity contribution in [2.24, 2.45) is 0 Å². The minimum absolute atomic E-state index is 0.00399. The van der Waals surface area contributed by atoms with Crippen molar-refractivity contribution in [3.05, 3.63) is 0 Å². The monoisotopic (exact) mass is 285 g/mol. The molecule has 1 fully saturated rings. The van der Waals surface area contributed by atoms with Gasteiger partial charge in [-0.25, -0.2) is 4.79 Å². The maximum absolute atomic E-state index is 12.0. The first-order valence-corrected chi connectivity index (χ1v) is 7.95. The lowest BCUT2D eigenvalue weighted by molar-refractivity contribution is 0.133. The highest BCUT2D eigenvalue weighted by atomic mass is 16.3. The SMILES string of the molecule is CCCCN1CCCCC1CNC(=O)N(C)C(C)CO. The molecule has 0 aromatic carbocycles. The highest BCUT2D eigenvalue weighted by Crippen LogP contribution is 2.17. The van der Waals surface area contributed by atoms with E-state index in [1.165, 1.54) is 32.1 Å². The summed E-state index contributed by atoms with van der Waals surface area (Å²) >= 11 is 0. The van der Waals surface area contributed by atoms with E-state index in [2.05, 4.69) is 17.1 Å². The van der Waals surface area contributed by atoms with Crippen molar-refractivity contribution < 1.29 is 9.90 Å². The summed E-state index contributed by atoms with van der Waals surface area (Å²) in [7, 11) is 1.73. The number of likely N-dealkylation sites (tertiary alicyclic amines) is 1. The molecule has 0 aliphatic carbocycles. The minimum Gasteiger partial charge on any atom is -0.394 e. The molecule has 0 aromatic heterocycles. The van der Waals surface area contributed by atoms with Crippen LogP contribution in [0.5, 0.6) is 0 Å². The topological polar surface area (TPSA) is 55.8 Å². The number of piperidine rings is 1. The summed E-state index contributed by atoms with van der Waals surface area (Å²) < 4.78 is 0. The lowest BCUT2D eigenvalue weighted by Crippen LogP contribution is -2.50. The molecule has 1 saturated heterocycles. The number of hydrogen-bond acceptors (Lipinski definition) is 3. The summed E-state index contributed by atoms with van der Waals surface area (Å²) in [5.74, 6) is 0. The molecule has 20 heavy (non-hydrogen) atoms. The van der Waals surface area contributed by atoms with Crippen LogP contribution in [0.15, 0.2) is 0 Å². The Morgan fingerprint density at radius 2 is 2.25 bits per heavy atom. The molecule has 0 bridgehead atoms. The summed E-state index contributed by atoms with van der Waals surface area (Å²) in [5, 5.41) is 12.1. The molecule has 2 N–H and O–H groups in total. The Morgan fingerprint density at radius 1 is 1.50 bits per heavy atom. The van der Waals surface area contributed by atoms with Gasteiger partial charge >= 0.3 is 6.03 Å². The predicted molar refractivity (Wildman–Crippen MR) is 81.8 cm³/mol. The first-order chi connectivity index (χ1) is 9.60. The van der Waals surface area contributed by atoms with E-state index in [0.29, 0.717) is 12.6 Å². The summed E-state index contributed by atoms with van der Waals surface area (Å²) in [5.41, 5.74) is 0. The van der Waals surface area contributed by atoms with Gasteiger partial charge in [0, 0.05) is 19.6 Å². The van der Waals surface area contributed by atoms with E-state index < -0.39 is 0 Å². The van der Waals surface area contributed by atoms with Gasteiger partial charge in [-0.3, -0.25) is 4.90 Å². The summed E-state index contributed by atoms with van der Waals surface area (Å²) in [6.07, 6.45) is 6.14. The van der Waals surface area contributed by atoms with Gasteiger partial charge in [0.15, 0.2) is 0 Å². The van der Waals surface area contributed by atoms with Crippen LogP contribution in [0.2, 0.25) is 0 Å². The molecular weight excluding hydrogens is 254 g/mol. The second-order valence-corrected chi connectivity index (χ2v) is 5.87. The first kappa shape index (κ1) is 17.2. The number of carbonyl (C=O) groups excluding carboxylic acids is 1. The van der Waals surface area contributed by atoms with Crippen LogP contribution in [0.1, 0.15) is 46.0 Å². The Bertz CT molecular complexity index is 286. The quantitative estimate of drug-likeness (QED) is 0.748. The molecule has 1 rings (SSSR count). The van der Waals surface area contributed by atoms with E-state index in [0.717, 1.165) is 13.1 Å². The van der Waals surface area contributed by atoms with Gasteiger partial charge in [-0.05, 0) is 39.3 Å². The second kappa shape index (κ2) is 9.19. The number of urea groups is 1. The van der Waals surface area contributed by atoms with E-state index in [1.807, 2.05) is 6.92 Å². The Labute approximate surface area is 123 Å². The van der Waals surface area contributed by atoms with Crippen molar-refractivity contribution in [3.8, 4) is 0 Å². The number of nitrogens with zero attached hydrogens (tertiary/aromatic N) is 2. The largest absolute Gasteiger partial charge is 0.394 e. The number of aliphatic hydroxyl groups excluding tert-OH is 1. The molecule has 0 saturated carbocycles. The van der Waals surface area contributed by atoms with Gasteiger partial charge in [0.1, 0.15) is 0 Å². The molecule has 2 atom stereocenters. The molecule has 0 aromatic rings. The molecule has 0 spiro atoms. The number of nitrogens with one attached hydrogen (secondary N) is 1. The Hall–Kier alpha value is -0.810. The summed E-state index contributed by atoms with van der Waals surface area (Å²) in [4.78, 5) is 16.1. The van der Waals surface area contributed by atoms with Crippen molar-refractivity contribution in [1.29, 1.82) is 0 Å². The number of likely N-dealkylation sites (N-methyl/N-ethyl adjacent to an activating group) is 1. The van der Waals surface area contributed by atoms with E-state index in [-0.39, 0.29) is 18.7 Å². The van der Waals surface area contributed by atoms with Crippen LogP contribution in [-0.4, -0.2) is 66.3 Å². The minimum atomic E-state index is -0.141. The maximum Gasteiger partial charge on any atom is 0.317 e. The number of unbranched alkanes of at least 4 members (excludes halogenated alkanes) is 1. The lowest BCUT2D eigenvalue weighted by atomic mass is 10.0. The van der Waals surface area contributed by atoms with Gasteiger partial charge in [0.25, 0.3) is 0 Å². The van der Waals surface area contributed by atoms with Crippen molar-refractivity contribution in [2.75, 3.05) is 33.3 Å². The van der Waals surface area contributed by atoms with Crippen LogP contribution in [0.25, 0.3) is 0 Å². The van der Waals surface area contributed by atoms with Crippen LogP contribution >= 0.6 is 0 Å². The van der Waals surface area contributed by atoms with Gasteiger partial charge in [0.05, 0.1) is 12.6 Å². The first-order valence-electron chi connectivity index (χ1n) is 7.95. The molecule has 2 unspecified atom stereocenters. The van der Waals surface area contributed by atoms with Crippen LogP contribution < -0.4 is 5.32 Å². The van der Waals surface area contributed by atoms with Crippen molar-refractivity contribution in [2.45, 2.75) is 58.0 Å². The van der Waals surface area contributed by atoms with E-state index in [1.54, 1.807) is 11.9 Å². The van der Waals surface area contributed by atoms with Gasteiger partial charge < -0.3 is 15.3 Å². The van der Waals surface area contributed by atoms with Gasteiger partial charge in [-0.15, -0.1) is 0 Å². The standard InChI is InChI=1S/C15H31N3O2/c1-4-5-9-18-10-7-6-8-14(18)11-16-15(20)17(3)13(2)12-19/h13-14,19H,4-12H2,1-3H3,(H,16,20). The maximum atomic E-state index is 12.0. The van der Waals surface area contributed by atoms with Gasteiger partial charge in [-0.2, -0.15) is 0 Å². The third-order valence-electron chi connectivity index (χ3n) is 4.28. The Morgan fingerprint density at radius 3 is 2.90 bits per heavy atom. The summed E-state index contributed by atoms with van der Waals surface area (Å²) in [6.45, 7) is 7.06. The lowest BCUT2D eigenvalue weighted by Gasteiger charge is -2.36. The molecule has 118 valence electrons. The zero-order valence-corrected chi connectivity index (χ0v) is 13.3. The van der Waals surface area contributed by atoms with E-state index in [9.17, 15) is 4.79 Å². The average Bonchev–Trinajstić information content (AvgIpc) is 2.49. The molecule has 5 nitrogen and oxygen atoms in total. The fourth-order valence-corrected chi connectivity index (χ4v) is 2.60. The summed E-state index contributed by atoms with van der Waals surface area (Å²) in [6, 6.07) is 0.238. The highest BCUT2D eigenvalue weighted by molar-refractivity contribution is 5.74. The molecule has 1 heterocycles. The van der Waals surface area contributed by atoms with Crippen molar-refractivity contribution in [3.63, 3.8) is 0 Å². The van der Waals surface area contributed by atoms with Gasteiger partial charge in [0.2, 0.25) is 0 Å². The third-order valence-corrected chi connectivity index (χ3v) is 4.28. The van der Waals surface area contributed by atoms with E-state index in [4.69, 9.17) is 5.11 Å². The Kier molecular flexibility index (Phi) is 7.92. The zero-order valence-electron chi connectivity index (χ0n) is 13.3. The van der Waals surface area contributed by atoms with Crippen LogP contribution in [0, 0.1) is 0 Å². The molecule has 0 radical (unpaired) electrons. The fourth-order valence-electron chi connectivity index (χ4n) is 2.60. The number of aliphatic hydroxyl groups is 1. The normalized spacial score (nSPS) is 21.5. The predicted octanol–water partition coefficient (Wildman–Crippen LogP) is 1.66. The third kappa shape index (κ3) is 5.29. The van der Waals surface area contributed by atoms with Crippen molar-refractivity contribution in [1.82, 2.24) is 15.1 Å². The second-order valence-electron chi connectivity index (χ2n) is 5.87. The van der Waals surface area contributed by atoms with Gasteiger partial charge in [-0.1, -0.05) is 19.8 Å². The molecule has 1 aliphatic heterocycles. The molecule has 1 aliphatic rings. The molecule has 5 heteroatoms. The number of carbonyl (C=O) groups is 1. The smallest absolute Gasteiger partial charge is 0.317 e. The Balaban J connectivity index is 2.39. The zero-order chi connectivity index (χ0) is 15.0. The van der Waals surface area contributed by atoms with Crippen LogP contribution in [0.3, 0.4) is 0 Å².